The van der Waals surface area contributed by atoms with Crippen LogP contribution in [0.15, 0.2) is 23.1 Å². The molecule has 1 fully saturated rings. The van der Waals surface area contributed by atoms with Crippen LogP contribution >= 0.6 is 15.9 Å². The van der Waals surface area contributed by atoms with Gasteiger partial charge in [0.2, 0.25) is 5.91 Å². The highest BCUT2D eigenvalue weighted by Gasteiger charge is 2.34. The molecule has 8 nitrogen and oxygen atoms in total. The van der Waals surface area contributed by atoms with E-state index >= 15 is 0 Å². The van der Waals surface area contributed by atoms with E-state index in [4.69, 9.17) is 0 Å². The summed E-state index contributed by atoms with van der Waals surface area (Å²) in [4.78, 5) is 12.5. The van der Waals surface area contributed by atoms with E-state index in [0.29, 0.717) is 22.4 Å². The Kier molecular flexibility index (Phi) is 5.72. The summed E-state index contributed by atoms with van der Waals surface area (Å²) in [7, 11) is 0. The summed E-state index contributed by atoms with van der Waals surface area (Å²) in [6, 6.07) is 0. The maximum atomic E-state index is 13.2. The smallest absolute Gasteiger partial charge is 0.283 e. The van der Waals surface area contributed by atoms with Crippen LogP contribution in [0.5, 0.6) is 0 Å². The number of nitrogens with one attached hydrogen (secondary N) is 1. The molecule has 1 N–H and O–H groups in total. The molecule has 3 aromatic heterocycles. The first-order valence-corrected chi connectivity index (χ1v) is 10.5. The number of carbonyl (C=O) groups is 1. The topological polar surface area (TPSA) is 82.6 Å². The summed E-state index contributed by atoms with van der Waals surface area (Å²) in [5, 5.41) is 15.3. The number of halogens is 3. The highest BCUT2D eigenvalue weighted by Crippen LogP contribution is 2.45. The molecule has 0 saturated heterocycles. The maximum absolute atomic E-state index is 13.2. The fourth-order valence-corrected chi connectivity index (χ4v) is 4.24. The summed E-state index contributed by atoms with van der Waals surface area (Å²) in [5.74, 6) is -0.176. The number of aromatic nitrogens is 6. The zero-order chi connectivity index (χ0) is 21.4. The molecule has 1 aliphatic carbocycles. The molecule has 0 spiro atoms. The van der Waals surface area contributed by atoms with Gasteiger partial charge in [-0.1, -0.05) is 0 Å². The normalized spacial score (nSPS) is 13.9. The van der Waals surface area contributed by atoms with Crippen LogP contribution in [0.25, 0.3) is 0 Å². The van der Waals surface area contributed by atoms with E-state index in [9.17, 15) is 13.6 Å². The zero-order valence-corrected chi connectivity index (χ0v) is 18.2. The molecule has 0 unspecified atom stereocenters. The van der Waals surface area contributed by atoms with Gasteiger partial charge in [-0.3, -0.25) is 18.8 Å². The van der Waals surface area contributed by atoms with Gasteiger partial charge in [-0.15, -0.1) is 0 Å². The van der Waals surface area contributed by atoms with Gasteiger partial charge < -0.3 is 5.32 Å². The molecular formula is C19H22BrF2N7O. The molecule has 0 aromatic carbocycles. The highest BCUT2D eigenvalue weighted by molar-refractivity contribution is 9.10. The Labute approximate surface area is 180 Å². The van der Waals surface area contributed by atoms with Crippen LogP contribution in [0.3, 0.4) is 0 Å². The molecular weight excluding hydrogens is 460 g/mol. The molecule has 3 heterocycles. The van der Waals surface area contributed by atoms with Crippen molar-refractivity contribution in [2.75, 3.05) is 5.32 Å². The first kappa shape index (κ1) is 20.7. The van der Waals surface area contributed by atoms with E-state index < -0.39 is 6.43 Å². The third-order valence-electron chi connectivity index (χ3n) is 5.17. The second-order valence-electron chi connectivity index (χ2n) is 7.36. The second kappa shape index (κ2) is 8.29. The fourth-order valence-electron chi connectivity index (χ4n) is 3.46. The summed E-state index contributed by atoms with van der Waals surface area (Å²) in [6.45, 7) is 5.24. The molecule has 0 bridgehead atoms. The lowest BCUT2D eigenvalue weighted by Gasteiger charge is -2.07. The van der Waals surface area contributed by atoms with Gasteiger partial charge in [0, 0.05) is 29.9 Å². The first-order valence-electron chi connectivity index (χ1n) is 9.75. The van der Waals surface area contributed by atoms with Gasteiger partial charge in [-0.2, -0.15) is 15.3 Å². The Hall–Kier alpha value is -2.56. The average Bonchev–Trinajstić information content (AvgIpc) is 3.20. The Balaban J connectivity index is 1.43. The van der Waals surface area contributed by atoms with E-state index in [-0.39, 0.29) is 24.1 Å². The van der Waals surface area contributed by atoms with Crippen molar-refractivity contribution in [1.82, 2.24) is 29.3 Å². The lowest BCUT2D eigenvalue weighted by molar-refractivity contribution is -0.117. The van der Waals surface area contributed by atoms with E-state index in [0.717, 1.165) is 30.6 Å². The van der Waals surface area contributed by atoms with E-state index in [1.165, 1.54) is 4.68 Å². The molecule has 0 aliphatic heterocycles. The fraction of sp³-hybridized carbons (Fsp3) is 0.474. The van der Waals surface area contributed by atoms with Crippen LogP contribution < -0.4 is 5.32 Å². The molecule has 0 atom stereocenters. The van der Waals surface area contributed by atoms with Crippen molar-refractivity contribution >= 4 is 27.5 Å². The number of anilines is 1. The minimum absolute atomic E-state index is 0.134. The Morgan fingerprint density at radius 2 is 2.07 bits per heavy atom. The van der Waals surface area contributed by atoms with Crippen LogP contribution in [-0.2, 0) is 24.4 Å². The number of rotatable bonds is 8. The molecule has 160 valence electrons. The third-order valence-corrected chi connectivity index (χ3v) is 5.99. The number of hydrogen-bond acceptors (Lipinski definition) is 4. The summed E-state index contributed by atoms with van der Waals surface area (Å²) in [5.41, 5.74) is 3.01. The van der Waals surface area contributed by atoms with E-state index in [1.807, 2.05) is 24.7 Å². The van der Waals surface area contributed by atoms with Gasteiger partial charge in [0.1, 0.15) is 12.2 Å². The number of alkyl halides is 2. The van der Waals surface area contributed by atoms with Gasteiger partial charge in [-0.05, 0) is 42.6 Å². The van der Waals surface area contributed by atoms with Crippen LogP contribution in [0.2, 0.25) is 0 Å². The lowest BCUT2D eigenvalue weighted by atomic mass is 10.2. The summed E-state index contributed by atoms with van der Waals surface area (Å²) < 4.78 is 31.7. The molecule has 30 heavy (non-hydrogen) atoms. The van der Waals surface area contributed by atoms with Crippen LogP contribution in [0.1, 0.15) is 54.8 Å². The molecule has 4 rings (SSSR count). The van der Waals surface area contributed by atoms with Crippen LogP contribution in [0, 0.1) is 6.92 Å². The molecule has 1 aliphatic rings. The first-order chi connectivity index (χ1) is 14.4. The van der Waals surface area contributed by atoms with Crippen LogP contribution in [-0.4, -0.2) is 35.2 Å². The number of amides is 1. The summed E-state index contributed by atoms with van der Waals surface area (Å²) in [6.07, 6.45) is 4.23. The Morgan fingerprint density at radius 3 is 2.70 bits per heavy atom. The van der Waals surface area contributed by atoms with Crippen molar-refractivity contribution in [3.8, 4) is 0 Å². The lowest BCUT2D eigenvalue weighted by Crippen LogP contribution is -2.20. The van der Waals surface area contributed by atoms with Crippen molar-refractivity contribution in [3.63, 3.8) is 0 Å². The standard InChI is InChI=1S/C19H22BrF2N7O/c1-3-28-11(2)13(6-24-28)8-27-9-14(7-23-27)25-15(30)10-29-18(12-4-5-12)16(20)17(26-29)19(21)22/h6-7,9,12,19H,3-5,8,10H2,1-2H3,(H,25,30). The monoisotopic (exact) mass is 481 g/mol. The quantitative estimate of drug-likeness (QED) is 0.529. The van der Waals surface area contributed by atoms with Gasteiger partial charge in [-0.25, -0.2) is 8.78 Å². The Bertz CT molecular complexity index is 1070. The van der Waals surface area contributed by atoms with Gasteiger partial charge in [0.25, 0.3) is 6.43 Å². The minimum Gasteiger partial charge on any atom is -0.322 e. The molecule has 0 radical (unpaired) electrons. The minimum atomic E-state index is -2.69. The van der Waals surface area contributed by atoms with Crippen molar-refractivity contribution in [3.05, 3.63) is 45.7 Å². The van der Waals surface area contributed by atoms with Crippen LogP contribution in [0.4, 0.5) is 14.5 Å². The average molecular weight is 482 g/mol. The van der Waals surface area contributed by atoms with E-state index in [1.54, 1.807) is 17.1 Å². The van der Waals surface area contributed by atoms with Gasteiger partial charge in [0.15, 0.2) is 0 Å². The molecule has 11 heteroatoms. The molecule has 1 amide bonds. The third kappa shape index (κ3) is 4.16. The summed E-state index contributed by atoms with van der Waals surface area (Å²) >= 11 is 3.23. The van der Waals surface area contributed by atoms with Crippen molar-refractivity contribution in [2.24, 2.45) is 0 Å². The highest BCUT2D eigenvalue weighted by atomic mass is 79.9. The number of aryl methyl sites for hydroxylation is 1. The zero-order valence-electron chi connectivity index (χ0n) is 16.6. The number of carbonyl (C=O) groups excluding carboxylic acids is 1. The number of nitrogens with zero attached hydrogens (tertiary/aromatic N) is 6. The van der Waals surface area contributed by atoms with E-state index in [2.05, 4.69) is 36.5 Å². The van der Waals surface area contributed by atoms with Crippen molar-refractivity contribution in [2.45, 2.75) is 58.7 Å². The predicted molar refractivity (Wildman–Crippen MR) is 109 cm³/mol. The maximum Gasteiger partial charge on any atom is 0.283 e. The van der Waals surface area contributed by atoms with Crippen molar-refractivity contribution < 1.29 is 13.6 Å². The second-order valence-corrected chi connectivity index (χ2v) is 8.16. The van der Waals surface area contributed by atoms with Gasteiger partial charge >= 0.3 is 0 Å². The predicted octanol–water partition coefficient (Wildman–Crippen LogP) is 3.87. The van der Waals surface area contributed by atoms with Crippen molar-refractivity contribution in [1.29, 1.82) is 0 Å². The SMILES string of the molecule is CCn1ncc(Cn2cc(NC(=O)Cn3nc(C(F)F)c(Br)c3C3CC3)cn2)c1C. The Morgan fingerprint density at radius 1 is 1.30 bits per heavy atom. The number of hydrogen-bond donors (Lipinski definition) is 1. The largest absolute Gasteiger partial charge is 0.322 e. The molecule has 3 aromatic rings. The molecule has 1 saturated carbocycles. The van der Waals surface area contributed by atoms with Gasteiger partial charge in [0.05, 0.1) is 34.8 Å².